The Kier molecular flexibility index (Phi) is 5.30. The Morgan fingerprint density at radius 1 is 1.32 bits per heavy atom. The Labute approximate surface area is 165 Å². The molecule has 0 amide bonds. The minimum absolute atomic E-state index is 0.0679. The summed E-state index contributed by atoms with van der Waals surface area (Å²) in [5, 5.41) is 4.28. The number of likely N-dealkylation sites (tertiary alicyclic amines) is 1. The predicted octanol–water partition coefficient (Wildman–Crippen LogP) is 1.49. The van der Waals surface area contributed by atoms with Crippen molar-refractivity contribution in [2.24, 2.45) is 18.4 Å². The lowest BCUT2D eigenvalue weighted by molar-refractivity contribution is -0.157. The van der Waals surface area contributed by atoms with Gasteiger partial charge in [-0.05, 0) is 32.4 Å². The average Bonchev–Trinajstić information content (AvgIpc) is 3.22. The molecule has 0 bridgehead atoms. The number of fused-ring (bicyclic) bond motifs is 1. The van der Waals surface area contributed by atoms with Gasteiger partial charge < -0.3 is 9.64 Å². The molecule has 0 unspecified atom stereocenters. The van der Waals surface area contributed by atoms with Crippen molar-refractivity contribution in [3.8, 4) is 0 Å². The molecule has 8 nitrogen and oxygen atoms in total. The number of carbonyl (C=O) groups is 1. The number of aryl methyl sites for hydroxylation is 1. The number of esters is 1. The lowest BCUT2D eigenvalue weighted by Crippen LogP contribution is -2.42. The second kappa shape index (κ2) is 7.87. The maximum Gasteiger partial charge on any atom is 0.314 e. The third-order valence-corrected chi connectivity index (χ3v) is 5.95. The summed E-state index contributed by atoms with van der Waals surface area (Å²) in [5.74, 6) is 0.814. The van der Waals surface area contributed by atoms with Gasteiger partial charge in [-0.3, -0.25) is 14.4 Å². The van der Waals surface area contributed by atoms with Gasteiger partial charge in [-0.25, -0.2) is 9.97 Å². The van der Waals surface area contributed by atoms with Gasteiger partial charge in [-0.15, -0.1) is 0 Å². The van der Waals surface area contributed by atoms with Gasteiger partial charge in [0.2, 0.25) is 5.95 Å². The van der Waals surface area contributed by atoms with Crippen LogP contribution in [0.2, 0.25) is 0 Å². The lowest BCUT2D eigenvalue weighted by Gasteiger charge is -2.31. The van der Waals surface area contributed by atoms with E-state index < -0.39 is 5.41 Å². The minimum atomic E-state index is -0.487. The fraction of sp³-hybridized carbons (Fsp3) is 0.600. The van der Waals surface area contributed by atoms with Crippen molar-refractivity contribution in [3.63, 3.8) is 0 Å². The summed E-state index contributed by atoms with van der Waals surface area (Å²) in [6.45, 7) is 6.38. The van der Waals surface area contributed by atoms with E-state index in [0.717, 1.165) is 39.0 Å². The zero-order valence-electron chi connectivity index (χ0n) is 16.6. The molecule has 2 aliphatic heterocycles. The Morgan fingerprint density at radius 2 is 2.14 bits per heavy atom. The van der Waals surface area contributed by atoms with E-state index in [2.05, 4.69) is 31.1 Å². The number of aromatic nitrogens is 4. The predicted molar refractivity (Wildman–Crippen MR) is 105 cm³/mol. The van der Waals surface area contributed by atoms with Gasteiger partial charge in [-0.2, -0.15) is 5.10 Å². The van der Waals surface area contributed by atoms with Crippen molar-refractivity contribution in [1.29, 1.82) is 0 Å². The van der Waals surface area contributed by atoms with Crippen LogP contribution in [0, 0.1) is 11.3 Å². The highest BCUT2D eigenvalue weighted by Crippen LogP contribution is 2.44. The third kappa shape index (κ3) is 3.61. The van der Waals surface area contributed by atoms with Crippen LogP contribution in [0.3, 0.4) is 0 Å². The normalized spacial score (nSPS) is 25.4. The van der Waals surface area contributed by atoms with Crippen molar-refractivity contribution < 1.29 is 9.53 Å². The summed E-state index contributed by atoms with van der Waals surface area (Å²) in [4.78, 5) is 26.5. The SMILES string of the molecule is CCOC(=O)[C@@]12CCCN(Cc3cnn(C)c3)C[C@@H]1CN(c1ncccn1)C2. The van der Waals surface area contributed by atoms with Crippen LogP contribution in [0.1, 0.15) is 25.3 Å². The van der Waals surface area contributed by atoms with E-state index in [-0.39, 0.29) is 11.9 Å². The van der Waals surface area contributed by atoms with Crippen LogP contribution in [-0.4, -0.2) is 63.4 Å². The van der Waals surface area contributed by atoms with Crippen molar-refractivity contribution in [2.75, 3.05) is 37.7 Å². The van der Waals surface area contributed by atoms with Crippen molar-refractivity contribution in [2.45, 2.75) is 26.3 Å². The molecule has 2 aromatic heterocycles. The van der Waals surface area contributed by atoms with E-state index in [1.165, 1.54) is 5.56 Å². The van der Waals surface area contributed by atoms with Crippen LogP contribution >= 0.6 is 0 Å². The fourth-order valence-electron chi connectivity index (χ4n) is 4.68. The zero-order chi connectivity index (χ0) is 19.6. The van der Waals surface area contributed by atoms with Crippen LogP contribution in [-0.2, 0) is 23.1 Å². The quantitative estimate of drug-likeness (QED) is 0.723. The summed E-state index contributed by atoms with van der Waals surface area (Å²) in [7, 11) is 1.94. The molecule has 8 heteroatoms. The molecule has 4 rings (SSSR count). The Morgan fingerprint density at radius 3 is 2.86 bits per heavy atom. The molecule has 0 saturated carbocycles. The number of hydrogen-bond donors (Lipinski definition) is 0. The summed E-state index contributed by atoms with van der Waals surface area (Å²) in [6.07, 6.45) is 9.29. The third-order valence-electron chi connectivity index (χ3n) is 5.95. The van der Waals surface area contributed by atoms with Gasteiger partial charge in [-0.1, -0.05) is 0 Å². The maximum absolute atomic E-state index is 13.1. The Balaban J connectivity index is 1.57. The first-order valence-corrected chi connectivity index (χ1v) is 10.00. The lowest BCUT2D eigenvalue weighted by atomic mass is 9.75. The number of nitrogens with zero attached hydrogens (tertiary/aromatic N) is 6. The number of rotatable bonds is 5. The van der Waals surface area contributed by atoms with Crippen molar-refractivity contribution >= 4 is 11.9 Å². The van der Waals surface area contributed by atoms with Gasteiger partial charge >= 0.3 is 5.97 Å². The smallest absolute Gasteiger partial charge is 0.314 e. The van der Waals surface area contributed by atoms with Crippen molar-refractivity contribution in [3.05, 3.63) is 36.4 Å². The molecule has 0 N–H and O–H groups in total. The van der Waals surface area contributed by atoms with Crippen LogP contribution in [0.5, 0.6) is 0 Å². The van der Waals surface area contributed by atoms with Gasteiger partial charge in [0.05, 0.1) is 18.2 Å². The minimum Gasteiger partial charge on any atom is -0.466 e. The molecule has 0 aliphatic carbocycles. The summed E-state index contributed by atoms with van der Waals surface area (Å²) in [6, 6.07) is 1.81. The molecule has 0 spiro atoms. The fourth-order valence-corrected chi connectivity index (χ4v) is 4.68. The maximum atomic E-state index is 13.1. The van der Waals surface area contributed by atoms with Crippen LogP contribution in [0.4, 0.5) is 5.95 Å². The van der Waals surface area contributed by atoms with Gasteiger partial charge in [0.15, 0.2) is 0 Å². The van der Waals surface area contributed by atoms with E-state index >= 15 is 0 Å². The second-order valence-electron chi connectivity index (χ2n) is 7.86. The zero-order valence-corrected chi connectivity index (χ0v) is 16.6. The van der Waals surface area contributed by atoms with Crippen molar-refractivity contribution in [1.82, 2.24) is 24.6 Å². The summed E-state index contributed by atoms with van der Waals surface area (Å²) in [5.41, 5.74) is 0.714. The molecule has 2 aliphatic rings. The van der Waals surface area contributed by atoms with E-state index in [1.807, 2.05) is 30.9 Å². The monoisotopic (exact) mass is 384 g/mol. The molecule has 2 atom stereocenters. The number of hydrogen-bond acceptors (Lipinski definition) is 7. The Hall–Kier alpha value is -2.48. The molecule has 0 aromatic carbocycles. The van der Waals surface area contributed by atoms with E-state index in [9.17, 15) is 4.79 Å². The number of ether oxygens (including phenoxy) is 1. The topological polar surface area (TPSA) is 76.4 Å². The summed E-state index contributed by atoms with van der Waals surface area (Å²) < 4.78 is 7.38. The first-order chi connectivity index (χ1) is 13.6. The van der Waals surface area contributed by atoms with Crippen LogP contribution in [0.15, 0.2) is 30.9 Å². The molecular formula is C20H28N6O2. The molecule has 28 heavy (non-hydrogen) atoms. The molecule has 150 valence electrons. The molecular weight excluding hydrogens is 356 g/mol. The van der Waals surface area contributed by atoms with Crippen LogP contribution in [0.25, 0.3) is 0 Å². The second-order valence-corrected chi connectivity index (χ2v) is 7.86. The largest absolute Gasteiger partial charge is 0.466 e. The van der Waals surface area contributed by atoms with Crippen LogP contribution < -0.4 is 4.90 Å². The first kappa shape index (κ1) is 18.9. The highest BCUT2D eigenvalue weighted by atomic mass is 16.5. The molecule has 2 aromatic rings. The number of anilines is 1. The van der Waals surface area contributed by atoms with Gasteiger partial charge in [0.25, 0.3) is 0 Å². The van der Waals surface area contributed by atoms with Gasteiger partial charge in [0.1, 0.15) is 0 Å². The van der Waals surface area contributed by atoms with E-state index in [4.69, 9.17) is 4.74 Å². The van der Waals surface area contributed by atoms with E-state index in [1.54, 1.807) is 12.4 Å². The van der Waals surface area contributed by atoms with E-state index in [0.29, 0.717) is 19.1 Å². The number of carbonyl (C=O) groups excluding carboxylic acids is 1. The molecule has 4 heterocycles. The Bertz CT molecular complexity index is 810. The van der Waals surface area contributed by atoms with Gasteiger partial charge in [0, 0.05) is 63.3 Å². The molecule has 2 fully saturated rings. The highest BCUT2D eigenvalue weighted by molar-refractivity contribution is 5.79. The molecule has 0 radical (unpaired) electrons. The standard InChI is InChI=1S/C20H28N6O2/c1-3-28-18(27)20-6-4-9-25(12-16-10-23-24(2)11-16)13-17(20)14-26(15-20)19-21-7-5-8-22-19/h5,7-8,10-11,17H,3-4,6,9,12-15H2,1-2H3/t17-,20-/m1/s1. The first-order valence-electron chi connectivity index (χ1n) is 10.00. The molecule has 2 saturated heterocycles. The average molecular weight is 384 g/mol. The summed E-state index contributed by atoms with van der Waals surface area (Å²) >= 11 is 0. The highest BCUT2D eigenvalue weighted by Gasteiger charge is 2.54.